The first-order valence-corrected chi connectivity index (χ1v) is 16.3. The quantitative estimate of drug-likeness (QED) is 0.239. The predicted octanol–water partition coefficient (Wildman–Crippen LogP) is 7.00. The summed E-state index contributed by atoms with van der Waals surface area (Å²) < 4.78 is 6.40. The second-order valence-corrected chi connectivity index (χ2v) is 14.5. The van der Waals surface area contributed by atoms with Gasteiger partial charge >= 0.3 is 4.87 Å². The minimum atomic E-state index is -0.373. The van der Waals surface area contributed by atoms with Crippen LogP contribution in [0.15, 0.2) is 82.6 Å². The Labute approximate surface area is 260 Å². The van der Waals surface area contributed by atoms with E-state index in [0.29, 0.717) is 28.1 Å². The second kappa shape index (κ2) is 10.0. The smallest absolute Gasteiger partial charge is 0.305 e. The molecule has 1 N–H and O–H groups in total. The lowest BCUT2D eigenvalue weighted by Gasteiger charge is -2.43. The molecule has 4 aliphatic rings. The molecule has 2 aliphatic heterocycles. The number of aromatic amines is 1. The lowest BCUT2D eigenvalue weighted by Crippen LogP contribution is -2.42. The van der Waals surface area contributed by atoms with Gasteiger partial charge in [0.25, 0.3) is 0 Å². The molecule has 6 nitrogen and oxygen atoms in total. The van der Waals surface area contributed by atoms with Crippen molar-refractivity contribution < 1.29 is 14.3 Å². The number of carbonyl (C=O) groups is 2. The molecule has 1 saturated heterocycles. The number of hydrogen-bond donors (Lipinski definition) is 1. The summed E-state index contributed by atoms with van der Waals surface area (Å²) in [7, 11) is 0. The highest BCUT2D eigenvalue weighted by atomic mass is 35.5. The van der Waals surface area contributed by atoms with E-state index in [9.17, 15) is 14.4 Å². The van der Waals surface area contributed by atoms with Crippen LogP contribution in [0.1, 0.15) is 28.3 Å². The molecule has 8 rings (SSSR count). The number of H-pyrrole nitrogens is 1. The molecule has 1 aromatic heterocycles. The number of amides is 2. The molecule has 212 valence electrons. The van der Waals surface area contributed by atoms with Gasteiger partial charge in [-0.1, -0.05) is 64.9 Å². The number of halogens is 2. The van der Waals surface area contributed by atoms with E-state index < -0.39 is 0 Å². The van der Waals surface area contributed by atoms with Crippen LogP contribution in [-0.4, -0.2) is 22.0 Å². The van der Waals surface area contributed by atoms with Crippen LogP contribution in [0.3, 0.4) is 0 Å². The number of ether oxygens (including phenoxy) is 1. The molecule has 0 spiro atoms. The molecule has 3 aromatic carbocycles. The minimum absolute atomic E-state index is 0.00103. The highest BCUT2D eigenvalue weighted by Crippen LogP contribution is 2.69. The summed E-state index contributed by atoms with van der Waals surface area (Å²) in [5, 5.41) is 2.16. The number of rotatable bonds is 5. The van der Waals surface area contributed by atoms with E-state index in [-0.39, 0.29) is 57.4 Å². The third kappa shape index (κ3) is 4.03. The third-order valence-electron chi connectivity index (χ3n) is 9.35. The summed E-state index contributed by atoms with van der Waals surface area (Å²) in [6.45, 7) is 0.341. The molecular weight excluding hydrogens is 611 g/mol. The molecule has 0 radical (unpaired) electrons. The number of thioether (sulfide) groups is 1. The first-order valence-electron chi connectivity index (χ1n) is 13.9. The fourth-order valence-corrected chi connectivity index (χ4v) is 11.0. The number of imide groups is 1. The van der Waals surface area contributed by atoms with E-state index in [2.05, 4.69) is 4.98 Å². The van der Waals surface area contributed by atoms with Gasteiger partial charge in [-0.15, -0.1) is 11.8 Å². The molecule has 0 unspecified atom stereocenters. The van der Waals surface area contributed by atoms with Crippen LogP contribution in [0.4, 0.5) is 5.69 Å². The van der Waals surface area contributed by atoms with Crippen molar-refractivity contribution in [3.05, 3.63) is 109 Å². The zero-order chi connectivity index (χ0) is 28.7. The first kappa shape index (κ1) is 26.6. The van der Waals surface area contributed by atoms with Crippen LogP contribution < -0.4 is 14.5 Å². The second-order valence-electron chi connectivity index (χ2n) is 11.4. The van der Waals surface area contributed by atoms with Gasteiger partial charge in [-0.25, -0.2) is 0 Å². The Morgan fingerprint density at radius 2 is 1.60 bits per heavy atom. The Hall–Kier alpha value is -3.04. The van der Waals surface area contributed by atoms with Crippen molar-refractivity contribution in [2.45, 2.75) is 29.2 Å². The maximum atomic E-state index is 13.9. The fraction of sp³-hybridized carbons (Fsp3) is 0.281. The maximum absolute atomic E-state index is 13.9. The van der Waals surface area contributed by atoms with Crippen LogP contribution in [-0.2, 0) is 16.2 Å². The van der Waals surface area contributed by atoms with Crippen molar-refractivity contribution in [1.29, 1.82) is 0 Å². The lowest BCUT2D eigenvalue weighted by molar-refractivity contribution is -0.123. The number of nitrogens with zero attached hydrogens (tertiary/aromatic N) is 1. The van der Waals surface area contributed by atoms with Crippen LogP contribution in [0.25, 0.3) is 0 Å². The molecular formula is C32H24Cl2N2O4S2. The van der Waals surface area contributed by atoms with Gasteiger partial charge in [0.2, 0.25) is 11.8 Å². The number of anilines is 1. The highest BCUT2D eigenvalue weighted by molar-refractivity contribution is 8.00. The molecule has 4 aromatic rings. The van der Waals surface area contributed by atoms with E-state index in [1.165, 1.54) is 16.2 Å². The van der Waals surface area contributed by atoms with Crippen LogP contribution in [0.5, 0.6) is 5.75 Å². The van der Waals surface area contributed by atoms with Gasteiger partial charge in [-0.05, 0) is 72.2 Å². The van der Waals surface area contributed by atoms with Gasteiger partial charge in [0.1, 0.15) is 12.4 Å². The van der Waals surface area contributed by atoms with Gasteiger partial charge in [0, 0.05) is 31.7 Å². The van der Waals surface area contributed by atoms with Crippen LogP contribution in [0, 0.1) is 29.6 Å². The number of nitrogens with one attached hydrogen (secondary N) is 1. The summed E-state index contributed by atoms with van der Waals surface area (Å²) >= 11 is 15.6. The van der Waals surface area contributed by atoms with Gasteiger partial charge in [0.05, 0.1) is 22.5 Å². The molecule has 3 heterocycles. The molecule has 2 bridgehead atoms. The van der Waals surface area contributed by atoms with E-state index in [1.807, 2.05) is 72.8 Å². The van der Waals surface area contributed by atoms with Crippen molar-refractivity contribution in [3.8, 4) is 5.75 Å². The number of thiazole rings is 1. The SMILES string of the molecule is O=C1[C@H]2[C@H]3C[C@@H]([C@@H]2C(=O)N1c1ccccc1)[C@H]1[C@H](c2cc(Cl)ccc2OCc2ccc(Cl)cc2)c2sc(=O)[nH]c2S[C@H]31. The maximum Gasteiger partial charge on any atom is 0.305 e. The average molecular weight is 636 g/mol. The highest BCUT2D eigenvalue weighted by Gasteiger charge is 2.69. The predicted molar refractivity (Wildman–Crippen MR) is 165 cm³/mol. The van der Waals surface area contributed by atoms with E-state index in [4.69, 9.17) is 27.9 Å². The van der Waals surface area contributed by atoms with E-state index in [1.54, 1.807) is 11.8 Å². The largest absolute Gasteiger partial charge is 0.489 e. The topological polar surface area (TPSA) is 79.5 Å². The summed E-state index contributed by atoms with van der Waals surface area (Å²) in [5.74, 6) is -0.342. The Balaban J connectivity index is 1.20. The Bertz CT molecular complexity index is 1790. The molecule has 3 fully saturated rings. The number of carbonyl (C=O) groups excluding carboxylic acids is 2. The summed E-state index contributed by atoms with van der Waals surface area (Å²) in [4.78, 5) is 45.7. The molecule has 2 saturated carbocycles. The average Bonchev–Trinajstić information content (AvgIpc) is 3.72. The number of benzene rings is 3. The third-order valence-corrected chi connectivity index (χ3v) is 12.4. The summed E-state index contributed by atoms with van der Waals surface area (Å²) in [5.41, 5.74) is 2.51. The van der Waals surface area contributed by atoms with Gasteiger partial charge in [-0.3, -0.25) is 19.3 Å². The minimum Gasteiger partial charge on any atom is -0.489 e. The summed E-state index contributed by atoms with van der Waals surface area (Å²) in [6, 6.07) is 22.4. The Morgan fingerprint density at radius 3 is 2.36 bits per heavy atom. The standard InChI is InChI=1S/C32H24Cl2N2O4S2/c33-16-8-6-15(7-9-16)14-40-22-11-10-17(34)12-19(22)23-24-20-13-21(27(24)41-29-28(23)42-32(39)35-29)26-25(20)30(37)36(31(26)38)18-4-2-1-3-5-18/h1-12,20-21,23-27H,13-14H2,(H,35,39)/t20-,21-,23+,24+,25+,26+,27-/m1/s1. The lowest BCUT2D eigenvalue weighted by atomic mass is 9.68. The van der Waals surface area contributed by atoms with Gasteiger partial charge < -0.3 is 9.72 Å². The first-order chi connectivity index (χ1) is 20.4. The van der Waals surface area contributed by atoms with Crippen molar-refractivity contribution in [3.63, 3.8) is 0 Å². The van der Waals surface area contributed by atoms with Crippen LogP contribution >= 0.6 is 46.3 Å². The number of aromatic nitrogens is 1. The van der Waals surface area contributed by atoms with Crippen molar-refractivity contribution in [2.75, 3.05) is 4.90 Å². The van der Waals surface area contributed by atoms with Crippen molar-refractivity contribution >= 4 is 63.8 Å². The Morgan fingerprint density at radius 1 is 0.881 bits per heavy atom. The van der Waals surface area contributed by atoms with E-state index >= 15 is 0 Å². The molecule has 2 aliphatic carbocycles. The van der Waals surface area contributed by atoms with Crippen molar-refractivity contribution in [1.82, 2.24) is 4.98 Å². The molecule has 42 heavy (non-hydrogen) atoms. The van der Waals surface area contributed by atoms with E-state index in [0.717, 1.165) is 27.5 Å². The van der Waals surface area contributed by atoms with Crippen LogP contribution in [0.2, 0.25) is 10.0 Å². The van der Waals surface area contributed by atoms with Gasteiger partial charge in [0.15, 0.2) is 0 Å². The number of fused-ring (bicyclic) bond motifs is 9. The fourth-order valence-electron chi connectivity index (χ4n) is 7.83. The Kier molecular flexibility index (Phi) is 6.34. The number of hydrogen-bond acceptors (Lipinski definition) is 6. The number of para-hydroxylation sites is 1. The van der Waals surface area contributed by atoms with Crippen molar-refractivity contribution in [2.24, 2.45) is 29.6 Å². The summed E-state index contributed by atoms with van der Waals surface area (Å²) in [6.07, 6.45) is 0.814. The molecule has 2 amide bonds. The molecule has 10 heteroatoms. The normalized spacial score (nSPS) is 29.0. The molecule has 7 atom stereocenters. The zero-order valence-corrected chi connectivity index (χ0v) is 25.2. The van der Waals surface area contributed by atoms with Gasteiger partial charge in [-0.2, -0.15) is 0 Å². The monoisotopic (exact) mass is 634 g/mol. The zero-order valence-electron chi connectivity index (χ0n) is 22.0.